The van der Waals surface area contributed by atoms with Gasteiger partial charge in [0.1, 0.15) is 5.82 Å². The molecule has 7 heteroatoms. The fourth-order valence-electron chi connectivity index (χ4n) is 2.00. The Morgan fingerprint density at radius 3 is 2.95 bits per heavy atom. The van der Waals surface area contributed by atoms with E-state index in [0.717, 1.165) is 50.0 Å². The Labute approximate surface area is 124 Å². The van der Waals surface area contributed by atoms with Gasteiger partial charge in [0.2, 0.25) is 0 Å². The van der Waals surface area contributed by atoms with Gasteiger partial charge < -0.3 is 15.4 Å². The van der Waals surface area contributed by atoms with Gasteiger partial charge in [0.15, 0.2) is 11.6 Å². The highest BCUT2D eigenvalue weighted by Gasteiger charge is 2.04. The van der Waals surface area contributed by atoms with Crippen molar-refractivity contribution in [2.24, 2.45) is 4.99 Å². The summed E-state index contributed by atoms with van der Waals surface area (Å²) in [6.07, 6.45) is 3.71. The molecule has 0 fully saturated rings. The van der Waals surface area contributed by atoms with Crippen molar-refractivity contribution in [3.05, 3.63) is 30.2 Å². The van der Waals surface area contributed by atoms with Crippen LogP contribution in [0.3, 0.4) is 0 Å². The van der Waals surface area contributed by atoms with Crippen molar-refractivity contribution in [3.8, 4) is 0 Å². The molecule has 2 aromatic heterocycles. The van der Waals surface area contributed by atoms with Gasteiger partial charge in [-0.25, -0.2) is 0 Å². The molecule has 0 saturated carbocycles. The van der Waals surface area contributed by atoms with Gasteiger partial charge in [0, 0.05) is 46.5 Å². The van der Waals surface area contributed by atoms with E-state index in [4.69, 9.17) is 4.74 Å². The number of nitrogens with zero attached hydrogens (tertiary/aromatic N) is 4. The van der Waals surface area contributed by atoms with Crippen molar-refractivity contribution in [2.75, 3.05) is 33.9 Å². The smallest absolute Gasteiger partial charge is 0.190 e. The Kier molecular flexibility index (Phi) is 5.96. The number of ether oxygens (including phenoxy) is 1. The molecule has 2 rings (SSSR count). The molecule has 7 nitrogen and oxygen atoms in total. The van der Waals surface area contributed by atoms with Crippen LogP contribution in [0.15, 0.2) is 29.4 Å². The molecule has 21 heavy (non-hydrogen) atoms. The molecule has 0 aliphatic carbocycles. The Bertz CT molecular complexity index is 580. The van der Waals surface area contributed by atoms with Crippen molar-refractivity contribution in [3.63, 3.8) is 0 Å². The highest BCUT2D eigenvalue weighted by molar-refractivity contribution is 5.79. The molecule has 2 heterocycles. The number of aliphatic imine (C=N–C) groups is 1. The quantitative estimate of drug-likeness (QED) is 0.440. The van der Waals surface area contributed by atoms with Crippen molar-refractivity contribution >= 4 is 11.6 Å². The van der Waals surface area contributed by atoms with Crippen LogP contribution in [0.2, 0.25) is 0 Å². The van der Waals surface area contributed by atoms with E-state index in [1.165, 1.54) is 0 Å². The summed E-state index contributed by atoms with van der Waals surface area (Å²) in [6.45, 7) is 2.33. The number of hydrogen-bond donors (Lipinski definition) is 2. The molecule has 0 aromatic carbocycles. The fraction of sp³-hybridized carbons (Fsp3) is 0.500. The van der Waals surface area contributed by atoms with Gasteiger partial charge in [-0.3, -0.25) is 9.39 Å². The summed E-state index contributed by atoms with van der Waals surface area (Å²) in [4.78, 5) is 4.18. The van der Waals surface area contributed by atoms with Gasteiger partial charge in [-0.1, -0.05) is 6.07 Å². The number of fused-ring (bicyclic) bond motifs is 1. The first-order valence-electron chi connectivity index (χ1n) is 7.07. The summed E-state index contributed by atoms with van der Waals surface area (Å²) in [6, 6.07) is 5.88. The lowest BCUT2D eigenvalue weighted by Gasteiger charge is -2.11. The molecule has 0 atom stereocenters. The number of rotatable bonds is 7. The minimum atomic E-state index is 0.746. The standard InChI is InChI=1S/C14H22N6O/c1-15-14(16-8-5-11-21-2)17-9-7-13-19-18-12-6-3-4-10-20(12)13/h3-4,6,10H,5,7-9,11H2,1-2H3,(H2,15,16,17). The average molecular weight is 290 g/mol. The molecular weight excluding hydrogens is 268 g/mol. The minimum Gasteiger partial charge on any atom is -0.385 e. The molecule has 0 unspecified atom stereocenters. The molecule has 114 valence electrons. The van der Waals surface area contributed by atoms with E-state index in [1.54, 1.807) is 14.2 Å². The normalized spacial score (nSPS) is 11.8. The highest BCUT2D eigenvalue weighted by Crippen LogP contribution is 2.02. The lowest BCUT2D eigenvalue weighted by Crippen LogP contribution is -2.39. The Balaban J connectivity index is 1.77. The number of pyridine rings is 1. The molecule has 0 aliphatic heterocycles. The summed E-state index contributed by atoms with van der Waals surface area (Å²) >= 11 is 0. The van der Waals surface area contributed by atoms with Crippen LogP contribution in [0, 0.1) is 0 Å². The van der Waals surface area contributed by atoms with Crippen LogP contribution in [0.4, 0.5) is 0 Å². The van der Waals surface area contributed by atoms with E-state index in [2.05, 4.69) is 25.8 Å². The lowest BCUT2D eigenvalue weighted by molar-refractivity contribution is 0.195. The zero-order valence-corrected chi connectivity index (χ0v) is 12.5. The van der Waals surface area contributed by atoms with Gasteiger partial charge in [-0.15, -0.1) is 10.2 Å². The van der Waals surface area contributed by atoms with Crippen molar-refractivity contribution in [1.82, 2.24) is 25.2 Å². The minimum absolute atomic E-state index is 0.746. The van der Waals surface area contributed by atoms with E-state index >= 15 is 0 Å². The average Bonchev–Trinajstić information content (AvgIpc) is 2.93. The van der Waals surface area contributed by atoms with E-state index in [1.807, 2.05) is 28.8 Å². The Morgan fingerprint density at radius 2 is 2.14 bits per heavy atom. The van der Waals surface area contributed by atoms with Crippen LogP contribution in [-0.4, -0.2) is 54.4 Å². The van der Waals surface area contributed by atoms with Gasteiger partial charge >= 0.3 is 0 Å². The first kappa shape index (κ1) is 15.2. The number of nitrogens with one attached hydrogen (secondary N) is 2. The first-order valence-corrected chi connectivity index (χ1v) is 7.07. The number of aromatic nitrogens is 3. The Morgan fingerprint density at radius 1 is 1.29 bits per heavy atom. The van der Waals surface area contributed by atoms with E-state index < -0.39 is 0 Å². The summed E-state index contributed by atoms with van der Waals surface area (Å²) in [5.41, 5.74) is 0.870. The van der Waals surface area contributed by atoms with Gasteiger partial charge in [0.25, 0.3) is 0 Å². The largest absolute Gasteiger partial charge is 0.385 e. The molecule has 0 saturated heterocycles. The van der Waals surface area contributed by atoms with Crippen LogP contribution in [0.5, 0.6) is 0 Å². The van der Waals surface area contributed by atoms with Crippen molar-refractivity contribution < 1.29 is 4.74 Å². The number of guanidine groups is 1. The second-order valence-electron chi connectivity index (χ2n) is 4.57. The van der Waals surface area contributed by atoms with Crippen molar-refractivity contribution in [2.45, 2.75) is 12.8 Å². The van der Waals surface area contributed by atoms with Crippen LogP contribution in [-0.2, 0) is 11.2 Å². The van der Waals surface area contributed by atoms with E-state index in [0.29, 0.717) is 0 Å². The van der Waals surface area contributed by atoms with Crippen LogP contribution >= 0.6 is 0 Å². The van der Waals surface area contributed by atoms with Gasteiger partial charge in [-0.2, -0.15) is 0 Å². The van der Waals surface area contributed by atoms with Crippen LogP contribution in [0.1, 0.15) is 12.2 Å². The molecular formula is C14H22N6O. The van der Waals surface area contributed by atoms with Crippen molar-refractivity contribution in [1.29, 1.82) is 0 Å². The summed E-state index contributed by atoms with van der Waals surface area (Å²) in [7, 11) is 3.47. The SMILES string of the molecule is CN=C(NCCCOC)NCCc1nnc2ccccn12. The second kappa shape index (κ2) is 8.21. The third kappa shape index (κ3) is 4.42. The van der Waals surface area contributed by atoms with Crippen LogP contribution in [0.25, 0.3) is 5.65 Å². The summed E-state index contributed by atoms with van der Waals surface area (Å²) < 4.78 is 7.01. The lowest BCUT2D eigenvalue weighted by atomic mass is 10.4. The summed E-state index contributed by atoms with van der Waals surface area (Å²) in [5.74, 6) is 1.73. The zero-order valence-electron chi connectivity index (χ0n) is 12.5. The maximum atomic E-state index is 5.01. The fourth-order valence-corrected chi connectivity index (χ4v) is 2.00. The third-order valence-electron chi connectivity index (χ3n) is 3.07. The second-order valence-corrected chi connectivity index (χ2v) is 4.57. The predicted octanol–water partition coefficient (Wildman–Crippen LogP) is 0.473. The topological polar surface area (TPSA) is 75.8 Å². The number of hydrogen-bond acceptors (Lipinski definition) is 4. The molecule has 2 aromatic rings. The third-order valence-corrected chi connectivity index (χ3v) is 3.07. The molecule has 2 N–H and O–H groups in total. The van der Waals surface area contributed by atoms with E-state index in [-0.39, 0.29) is 0 Å². The van der Waals surface area contributed by atoms with Crippen LogP contribution < -0.4 is 10.6 Å². The molecule has 0 aliphatic rings. The number of methoxy groups -OCH3 is 1. The molecule has 0 spiro atoms. The van der Waals surface area contributed by atoms with E-state index in [9.17, 15) is 0 Å². The zero-order chi connectivity index (χ0) is 14.9. The molecule has 0 radical (unpaired) electrons. The first-order chi connectivity index (χ1) is 10.3. The monoisotopic (exact) mass is 290 g/mol. The van der Waals surface area contributed by atoms with Gasteiger partial charge in [0.05, 0.1) is 0 Å². The highest BCUT2D eigenvalue weighted by atomic mass is 16.5. The molecule has 0 bridgehead atoms. The Hall–Kier alpha value is -2.15. The predicted molar refractivity (Wildman–Crippen MR) is 82.5 cm³/mol. The maximum absolute atomic E-state index is 5.01. The maximum Gasteiger partial charge on any atom is 0.190 e. The van der Waals surface area contributed by atoms with Gasteiger partial charge in [-0.05, 0) is 18.6 Å². The summed E-state index contributed by atoms with van der Waals surface area (Å²) in [5, 5.41) is 14.8. The molecule has 0 amide bonds.